The Balaban J connectivity index is 0.0000110. The Bertz CT molecular complexity index is 1040. The summed E-state index contributed by atoms with van der Waals surface area (Å²) in [5.41, 5.74) is 0. The number of amides is 2. The van der Waals surface area contributed by atoms with Gasteiger partial charge in [0.05, 0.1) is 44.7 Å². The topological polar surface area (TPSA) is 252 Å². The van der Waals surface area contributed by atoms with Crippen LogP contribution >= 0.6 is 0 Å². The molecule has 18 nitrogen and oxygen atoms in total. The Morgan fingerprint density at radius 1 is 0.702 bits per heavy atom. The van der Waals surface area contributed by atoms with Crippen molar-refractivity contribution < 1.29 is 76.5 Å². The minimum Gasteiger partial charge on any atom is -0.480 e. The van der Waals surface area contributed by atoms with Gasteiger partial charge in [-0.25, -0.2) is 0 Å². The molecule has 0 aromatic heterocycles. The van der Waals surface area contributed by atoms with Gasteiger partial charge < -0.3 is 40.9 Å². The van der Waals surface area contributed by atoms with E-state index in [1.807, 2.05) is 0 Å². The molecule has 0 spiro atoms. The summed E-state index contributed by atoms with van der Waals surface area (Å²) in [5, 5.41) is 59.5. The van der Waals surface area contributed by atoms with Crippen LogP contribution in [0.15, 0.2) is 0 Å². The van der Waals surface area contributed by atoms with Gasteiger partial charge in [-0.05, 0) is 19.8 Å². The van der Waals surface area contributed by atoms with Crippen LogP contribution in [0.2, 0.25) is 0 Å². The van der Waals surface area contributed by atoms with E-state index in [2.05, 4.69) is 5.32 Å². The molecule has 7 N–H and O–H groups in total. The number of carbonyl (C=O) groups is 6. The number of hydrogen-bond donors (Lipinski definition) is 7. The molecule has 0 aromatic carbocycles. The first kappa shape index (κ1) is 42.3. The van der Waals surface area contributed by atoms with Crippen LogP contribution < -0.4 is 5.32 Å². The van der Waals surface area contributed by atoms with Gasteiger partial charge >= 0.3 is 17.9 Å². The van der Waals surface area contributed by atoms with E-state index in [1.165, 1.54) is 11.8 Å². The van der Waals surface area contributed by atoms with Crippen LogP contribution in [-0.2, 0) is 45.8 Å². The molecule has 2 heterocycles. The monoisotopic (exact) mass is 723 g/mol. The Labute approximate surface area is 283 Å². The molecule has 2 amide bonds. The third-order valence-corrected chi connectivity index (χ3v) is 8.13. The number of likely N-dealkylation sites (tertiary alicyclic amines) is 1. The van der Waals surface area contributed by atoms with Gasteiger partial charge in [0.15, 0.2) is 6.29 Å². The number of aliphatic carboxylic acids is 3. The van der Waals surface area contributed by atoms with E-state index in [0.29, 0.717) is 19.4 Å². The summed E-state index contributed by atoms with van der Waals surface area (Å²) in [6, 6.07) is -1.83. The molecule has 2 saturated heterocycles. The van der Waals surface area contributed by atoms with E-state index < -0.39 is 66.4 Å². The Kier molecular flexibility index (Phi) is 19.1. The standard InChI is InChI=1S/C28H48N6O12.Cu/c1-19(27(44)34-4-2-3-22(34)28(45)46)29-26(43)20(18-35)13-21(36)14-30-5-7-31(15-23(37)38)9-11-33(17-25(41)42)12-10-32(8-6-30)16-24(39)40;/h19-20,22,28,35,45-46H,2-18H2,1H3,(H,29,43)(H,37,38)(H,39,40)(H,41,42);/t19-,20+,22+;/m1./s1. The summed E-state index contributed by atoms with van der Waals surface area (Å²) < 4.78 is 0. The van der Waals surface area contributed by atoms with Gasteiger partial charge in [-0.15, -0.1) is 0 Å². The fourth-order valence-electron chi connectivity index (χ4n) is 5.63. The van der Waals surface area contributed by atoms with Gasteiger partial charge in [-0.2, -0.15) is 0 Å². The molecule has 47 heavy (non-hydrogen) atoms. The van der Waals surface area contributed by atoms with Crippen molar-refractivity contribution in [2.75, 3.05) is 91.7 Å². The fraction of sp³-hybridized carbons (Fsp3) is 0.786. The van der Waals surface area contributed by atoms with Crippen LogP contribution in [-0.4, -0.2) is 201 Å². The van der Waals surface area contributed by atoms with E-state index in [9.17, 15) is 59.4 Å². The maximum atomic E-state index is 13.1. The zero-order valence-corrected chi connectivity index (χ0v) is 27.4. The van der Waals surface area contributed by atoms with Crippen molar-refractivity contribution in [2.45, 2.75) is 44.6 Å². The van der Waals surface area contributed by atoms with E-state index >= 15 is 0 Å². The van der Waals surface area contributed by atoms with Gasteiger partial charge in [0.1, 0.15) is 11.8 Å². The fourth-order valence-corrected chi connectivity index (χ4v) is 5.63. The van der Waals surface area contributed by atoms with E-state index in [-0.39, 0.29) is 102 Å². The number of aliphatic hydroxyl groups is 3. The summed E-state index contributed by atoms with van der Waals surface area (Å²) in [6.07, 6.45) is -1.10. The van der Waals surface area contributed by atoms with Crippen LogP contribution in [0, 0.1) is 5.92 Å². The summed E-state index contributed by atoms with van der Waals surface area (Å²) in [5.74, 6) is -6.05. The number of aliphatic hydroxyl groups excluding tert-OH is 2. The van der Waals surface area contributed by atoms with Crippen LogP contribution in [0.4, 0.5) is 0 Å². The molecule has 1 radical (unpaired) electrons. The van der Waals surface area contributed by atoms with Crippen LogP contribution in [0.25, 0.3) is 0 Å². The molecule has 0 saturated carbocycles. The van der Waals surface area contributed by atoms with Gasteiger partial charge in [0, 0.05) is 82.4 Å². The summed E-state index contributed by atoms with van der Waals surface area (Å²) >= 11 is 0. The largest absolute Gasteiger partial charge is 0.480 e. The summed E-state index contributed by atoms with van der Waals surface area (Å²) in [4.78, 5) is 81.0. The Hall–Kier alpha value is -2.74. The third kappa shape index (κ3) is 15.4. The quantitative estimate of drug-likeness (QED) is 0.0625. The van der Waals surface area contributed by atoms with Crippen molar-refractivity contribution in [3.05, 3.63) is 0 Å². The first-order valence-electron chi connectivity index (χ1n) is 15.3. The molecule has 19 heteroatoms. The molecule has 2 fully saturated rings. The van der Waals surface area contributed by atoms with Crippen molar-refractivity contribution in [1.82, 2.24) is 29.8 Å². The molecule has 2 rings (SSSR count). The number of rotatable bonds is 15. The number of Topliss-reactive ketones (excluding diaryl/α,β-unsaturated/α-hetero) is 1. The van der Waals surface area contributed by atoms with Gasteiger partial charge in [-0.3, -0.25) is 48.4 Å². The molecule has 2 aliphatic rings. The molecule has 0 unspecified atom stereocenters. The number of carboxylic acid groups (broad SMARTS) is 3. The first-order chi connectivity index (χ1) is 21.7. The zero-order valence-electron chi connectivity index (χ0n) is 26.5. The minimum absolute atomic E-state index is 0. The SMILES string of the molecule is C[C@@H](NC(=O)[C@H](CO)CC(=O)CN1CCN(CC(=O)O)CCN(CC(=O)O)CCN(CC(=O)O)CC1)C(=O)N1CCC[C@H]1C(O)O.[Cu]. The molecule has 0 aliphatic carbocycles. The molecular formula is C28H48CuN6O12. The van der Waals surface area contributed by atoms with Crippen molar-refractivity contribution in [3.8, 4) is 0 Å². The van der Waals surface area contributed by atoms with Crippen molar-refractivity contribution >= 4 is 35.5 Å². The first-order valence-corrected chi connectivity index (χ1v) is 15.3. The van der Waals surface area contributed by atoms with Crippen molar-refractivity contribution in [2.24, 2.45) is 5.92 Å². The third-order valence-electron chi connectivity index (χ3n) is 8.13. The second-order valence-electron chi connectivity index (χ2n) is 11.8. The van der Waals surface area contributed by atoms with Crippen LogP contribution in [0.5, 0.6) is 0 Å². The predicted octanol–water partition coefficient (Wildman–Crippen LogP) is -4.17. The average Bonchev–Trinajstić information content (AvgIpc) is 3.46. The summed E-state index contributed by atoms with van der Waals surface area (Å²) in [7, 11) is 0. The normalized spacial score (nSPS) is 20.8. The molecule has 273 valence electrons. The van der Waals surface area contributed by atoms with E-state index in [0.717, 1.165) is 0 Å². The van der Waals surface area contributed by atoms with Crippen LogP contribution in [0.1, 0.15) is 26.2 Å². The maximum absolute atomic E-state index is 13.1. The van der Waals surface area contributed by atoms with Crippen LogP contribution in [0.3, 0.4) is 0 Å². The van der Waals surface area contributed by atoms with E-state index in [1.54, 1.807) is 19.6 Å². The number of ketones is 1. The van der Waals surface area contributed by atoms with Crippen molar-refractivity contribution in [1.29, 1.82) is 0 Å². The predicted molar refractivity (Wildman–Crippen MR) is 159 cm³/mol. The van der Waals surface area contributed by atoms with Crippen molar-refractivity contribution in [3.63, 3.8) is 0 Å². The van der Waals surface area contributed by atoms with Gasteiger partial charge in [-0.1, -0.05) is 0 Å². The summed E-state index contributed by atoms with van der Waals surface area (Å²) in [6.45, 7) is 1.72. The van der Waals surface area contributed by atoms with Gasteiger partial charge in [0.25, 0.3) is 0 Å². The molecule has 2 aliphatic heterocycles. The zero-order chi connectivity index (χ0) is 34.4. The number of carboxylic acids is 3. The second-order valence-corrected chi connectivity index (χ2v) is 11.8. The number of hydrogen-bond acceptors (Lipinski definition) is 13. The molecule has 0 aromatic rings. The Morgan fingerprint density at radius 3 is 1.47 bits per heavy atom. The molecular weight excluding hydrogens is 676 g/mol. The Morgan fingerprint density at radius 2 is 1.11 bits per heavy atom. The average molecular weight is 724 g/mol. The minimum atomic E-state index is -1.72. The number of carbonyl (C=O) groups excluding carboxylic acids is 3. The maximum Gasteiger partial charge on any atom is 0.317 e. The number of nitrogens with zero attached hydrogens (tertiary/aromatic N) is 5. The smallest absolute Gasteiger partial charge is 0.317 e. The van der Waals surface area contributed by atoms with E-state index in [4.69, 9.17) is 0 Å². The number of nitrogens with one attached hydrogen (secondary N) is 1. The van der Waals surface area contributed by atoms with Gasteiger partial charge in [0.2, 0.25) is 11.8 Å². The second kappa shape index (κ2) is 21.3. The molecule has 3 atom stereocenters. The molecule has 0 bridgehead atoms.